The maximum atomic E-state index is 13.2. The van der Waals surface area contributed by atoms with Crippen LogP contribution in [0.3, 0.4) is 0 Å². The van der Waals surface area contributed by atoms with Crippen LogP contribution < -0.4 is 11.3 Å². The molecule has 0 bridgehead atoms. The molecular formula is C11H14ClFN2. The molecule has 0 aliphatic carbocycles. The molecule has 0 fully saturated rings. The van der Waals surface area contributed by atoms with Gasteiger partial charge in [0.25, 0.3) is 0 Å². The van der Waals surface area contributed by atoms with Gasteiger partial charge in [-0.1, -0.05) is 35.4 Å². The molecule has 0 aliphatic rings. The summed E-state index contributed by atoms with van der Waals surface area (Å²) in [7, 11) is 0. The molecule has 0 saturated carbocycles. The number of halogens is 2. The third kappa shape index (κ3) is 3.02. The van der Waals surface area contributed by atoms with Gasteiger partial charge in [0.05, 0.1) is 11.1 Å². The van der Waals surface area contributed by atoms with Gasteiger partial charge in [0.15, 0.2) is 0 Å². The van der Waals surface area contributed by atoms with E-state index in [2.05, 4.69) is 5.43 Å². The van der Waals surface area contributed by atoms with Crippen molar-refractivity contribution >= 4 is 11.6 Å². The first kappa shape index (κ1) is 12.2. The number of allylic oxidation sites excluding steroid dienone is 1. The topological polar surface area (TPSA) is 38.0 Å². The second-order valence-corrected chi connectivity index (χ2v) is 3.91. The molecule has 1 atom stereocenters. The molecule has 3 N–H and O–H groups in total. The highest BCUT2D eigenvalue weighted by atomic mass is 35.5. The van der Waals surface area contributed by atoms with Gasteiger partial charge in [-0.15, -0.1) is 0 Å². The van der Waals surface area contributed by atoms with Crippen LogP contribution in [-0.4, -0.2) is 0 Å². The molecule has 1 aromatic carbocycles. The third-order valence-corrected chi connectivity index (χ3v) is 2.39. The number of hydrazine groups is 1. The molecule has 1 aromatic rings. The number of hydrogen-bond donors (Lipinski definition) is 2. The Bertz CT molecular complexity index is 373. The lowest BCUT2D eigenvalue weighted by atomic mass is 10.1. The largest absolute Gasteiger partial charge is 0.271 e. The Balaban J connectivity index is 3.13. The van der Waals surface area contributed by atoms with Crippen LogP contribution in [0.15, 0.2) is 29.8 Å². The average molecular weight is 229 g/mol. The smallest absolute Gasteiger partial charge is 0.142 e. The summed E-state index contributed by atoms with van der Waals surface area (Å²) >= 11 is 5.85. The third-order valence-electron chi connectivity index (χ3n) is 2.00. The number of hydrogen-bond acceptors (Lipinski definition) is 2. The lowest BCUT2D eigenvalue weighted by molar-refractivity contribution is 0.611. The standard InChI is InChI=1S/C11H14ClFN2/c1-7(2)6-10(15-14)8-4-3-5-9(13)11(8)12/h3-6,10,15H,14H2,1-2H3. The number of nitrogens with two attached hydrogens (primary N) is 1. The van der Waals surface area contributed by atoms with E-state index in [-0.39, 0.29) is 11.1 Å². The minimum Gasteiger partial charge on any atom is -0.271 e. The van der Waals surface area contributed by atoms with Crippen LogP contribution in [0.1, 0.15) is 25.5 Å². The molecule has 0 aromatic heterocycles. The normalized spacial score (nSPS) is 12.3. The van der Waals surface area contributed by atoms with E-state index >= 15 is 0 Å². The van der Waals surface area contributed by atoms with E-state index in [0.717, 1.165) is 5.57 Å². The van der Waals surface area contributed by atoms with E-state index in [4.69, 9.17) is 17.4 Å². The summed E-state index contributed by atoms with van der Waals surface area (Å²) in [6.07, 6.45) is 1.89. The predicted octanol–water partition coefficient (Wildman–Crippen LogP) is 2.95. The predicted molar refractivity (Wildman–Crippen MR) is 60.9 cm³/mol. The van der Waals surface area contributed by atoms with Gasteiger partial charge < -0.3 is 0 Å². The summed E-state index contributed by atoms with van der Waals surface area (Å²) in [6.45, 7) is 3.88. The van der Waals surface area contributed by atoms with Gasteiger partial charge in [-0.2, -0.15) is 0 Å². The molecule has 1 rings (SSSR count). The molecular weight excluding hydrogens is 215 g/mol. The first-order chi connectivity index (χ1) is 7.06. The maximum Gasteiger partial charge on any atom is 0.142 e. The lowest BCUT2D eigenvalue weighted by Crippen LogP contribution is -2.27. The Morgan fingerprint density at radius 2 is 2.20 bits per heavy atom. The highest BCUT2D eigenvalue weighted by Crippen LogP contribution is 2.26. The van der Waals surface area contributed by atoms with Gasteiger partial charge in [-0.05, 0) is 25.5 Å². The minimum absolute atomic E-state index is 0.109. The minimum atomic E-state index is -0.434. The summed E-state index contributed by atoms with van der Waals surface area (Å²) in [6, 6.07) is 4.41. The zero-order valence-corrected chi connectivity index (χ0v) is 9.48. The Labute approximate surface area is 93.9 Å². The van der Waals surface area contributed by atoms with E-state index < -0.39 is 5.82 Å². The quantitative estimate of drug-likeness (QED) is 0.474. The van der Waals surface area contributed by atoms with Crippen molar-refractivity contribution in [3.8, 4) is 0 Å². The summed E-state index contributed by atoms with van der Waals surface area (Å²) in [4.78, 5) is 0. The Morgan fingerprint density at radius 1 is 1.53 bits per heavy atom. The number of rotatable bonds is 3. The van der Waals surface area contributed by atoms with Crippen molar-refractivity contribution in [2.24, 2.45) is 5.84 Å². The summed E-state index contributed by atoms with van der Waals surface area (Å²) < 4.78 is 13.2. The second kappa shape index (κ2) is 5.26. The maximum absolute atomic E-state index is 13.2. The van der Waals surface area contributed by atoms with Crippen molar-refractivity contribution in [3.05, 3.63) is 46.3 Å². The molecule has 0 amide bonds. The zero-order valence-electron chi connectivity index (χ0n) is 8.72. The van der Waals surface area contributed by atoms with Crippen molar-refractivity contribution < 1.29 is 4.39 Å². The molecule has 0 radical (unpaired) electrons. The first-order valence-electron chi connectivity index (χ1n) is 4.61. The van der Waals surface area contributed by atoms with Crippen LogP contribution in [0, 0.1) is 5.82 Å². The first-order valence-corrected chi connectivity index (χ1v) is 4.99. The van der Waals surface area contributed by atoms with Crippen LogP contribution in [-0.2, 0) is 0 Å². The Morgan fingerprint density at radius 3 is 2.73 bits per heavy atom. The van der Waals surface area contributed by atoms with E-state index in [1.807, 2.05) is 19.9 Å². The van der Waals surface area contributed by atoms with Crippen molar-refractivity contribution in [1.29, 1.82) is 0 Å². The van der Waals surface area contributed by atoms with Crippen molar-refractivity contribution in [2.75, 3.05) is 0 Å². The fourth-order valence-electron chi connectivity index (χ4n) is 1.32. The summed E-state index contributed by atoms with van der Waals surface area (Å²) in [5, 5.41) is 0.109. The Kier molecular flexibility index (Phi) is 4.27. The van der Waals surface area contributed by atoms with Gasteiger partial charge in [0.1, 0.15) is 5.82 Å². The number of nitrogens with one attached hydrogen (secondary N) is 1. The van der Waals surface area contributed by atoms with Gasteiger partial charge >= 0.3 is 0 Å². The average Bonchev–Trinajstić information content (AvgIpc) is 2.19. The number of benzene rings is 1. The summed E-state index contributed by atoms with van der Waals surface area (Å²) in [5.41, 5.74) is 4.31. The molecule has 0 aliphatic heterocycles. The van der Waals surface area contributed by atoms with Crippen LogP contribution in [0.4, 0.5) is 4.39 Å². The SMILES string of the molecule is CC(C)=CC(NN)c1cccc(F)c1Cl. The monoisotopic (exact) mass is 228 g/mol. The van der Waals surface area contributed by atoms with Crippen molar-refractivity contribution in [3.63, 3.8) is 0 Å². The van der Waals surface area contributed by atoms with E-state index in [1.54, 1.807) is 12.1 Å². The van der Waals surface area contributed by atoms with Gasteiger partial charge in [-0.3, -0.25) is 5.84 Å². The van der Waals surface area contributed by atoms with Crippen LogP contribution in [0.25, 0.3) is 0 Å². The van der Waals surface area contributed by atoms with Gasteiger partial charge in [-0.25, -0.2) is 9.82 Å². The highest BCUT2D eigenvalue weighted by Gasteiger charge is 2.13. The molecule has 0 spiro atoms. The second-order valence-electron chi connectivity index (χ2n) is 3.53. The fraction of sp³-hybridized carbons (Fsp3) is 0.273. The van der Waals surface area contributed by atoms with Crippen LogP contribution in [0.5, 0.6) is 0 Å². The molecule has 4 heteroatoms. The molecule has 0 saturated heterocycles. The van der Waals surface area contributed by atoms with Crippen LogP contribution in [0.2, 0.25) is 5.02 Å². The molecule has 82 valence electrons. The zero-order chi connectivity index (χ0) is 11.4. The highest BCUT2D eigenvalue weighted by molar-refractivity contribution is 6.31. The van der Waals surface area contributed by atoms with Crippen LogP contribution >= 0.6 is 11.6 Å². The fourth-order valence-corrected chi connectivity index (χ4v) is 1.57. The van der Waals surface area contributed by atoms with E-state index in [1.165, 1.54) is 6.07 Å². The lowest BCUT2D eigenvalue weighted by Gasteiger charge is -2.14. The van der Waals surface area contributed by atoms with Crippen molar-refractivity contribution in [1.82, 2.24) is 5.43 Å². The van der Waals surface area contributed by atoms with Crippen molar-refractivity contribution in [2.45, 2.75) is 19.9 Å². The summed E-state index contributed by atoms with van der Waals surface area (Å²) in [5.74, 6) is 4.96. The van der Waals surface area contributed by atoms with E-state index in [0.29, 0.717) is 5.56 Å². The van der Waals surface area contributed by atoms with Gasteiger partial charge in [0.2, 0.25) is 0 Å². The molecule has 0 heterocycles. The molecule has 2 nitrogen and oxygen atoms in total. The van der Waals surface area contributed by atoms with Gasteiger partial charge in [0, 0.05) is 0 Å². The molecule has 1 unspecified atom stereocenters. The Hall–Kier alpha value is -0.900. The van der Waals surface area contributed by atoms with E-state index in [9.17, 15) is 4.39 Å². The molecule has 15 heavy (non-hydrogen) atoms.